The number of hydrogen-bond donors (Lipinski definition) is 2. The maximum atomic E-state index is 15.6. The first-order valence-electron chi connectivity index (χ1n) is 13.1. The first-order valence-corrected chi connectivity index (χ1v) is 13.9. The van der Waals surface area contributed by atoms with E-state index < -0.39 is 0 Å². The molecule has 2 aromatic carbocycles. The van der Waals surface area contributed by atoms with Gasteiger partial charge in [-0.15, -0.1) is 11.3 Å². The second-order valence-corrected chi connectivity index (χ2v) is 10.9. The number of nitrogens with zero attached hydrogens (tertiary/aromatic N) is 3. The van der Waals surface area contributed by atoms with Gasteiger partial charge in [-0.25, -0.2) is 4.39 Å². The Balaban J connectivity index is 1.36. The molecule has 2 saturated heterocycles. The zero-order chi connectivity index (χ0) is 26.1. The maximum Gasteiger partial charge on any atom is 0.319 e. The van der Waals surface area contributed by atoms with Gasteiger partial charge >= 0.3 is 6.01 Å². The highest BCUT2D eigenvalue weighted by atomic mass is 32.1. The van der Waals surface area contributed by atoms with Crippen LogP contribution < -0.4 is 15.4 Å². The number of ether oxygens (including phenoxy) is 1. The zero-order valence-electron chi connectivity index (χ0n) is 21.1. The molecular formula is C29H30FN5O2S. The number of anilines is 1. The van der Waals surface area contributed by atoms with Crippen molar-refractivity contribution in [1.29, 1.82) is 0 Å². The summed E-state index contributed by atoms with van der Waals surface area (Å²) in [5.74, 6) is -0.117. The second kappa shape index (κ2) is 10.3. The molecule has 196 valence electrons. The van der Waals surface area contributed by atoms with Crippen molar-refractivity contribution in [1.82, 2.24) is 20.2 Å². The summed E-state index contributed by atoms with van der Waals surface area (Å²) in [6.07, 6.45) is 5.83. The van der Waals surface area contributed by atoms with Crippen LogP contribution in [0.1, 0.15) is 25.7 Å². The van der Waals surface area contributed by atoms with E-state index in [1.165, 1.54) is 25.0 Å². The first kappa shape index (κ1) is 24.8. The number of carbonyl (C=O) groups is 1. The minimum Gasteiger partial charge on any atom is -0.461 e. The molecule has 9 heteroatoms. The van der Waals surface area contributed by atoms with Crippen molar-refractivity contribution in [2.45, 2.75) is 31.2 Å². The monoisotopic (exact) mass is 531 g/mol. The predicted molar refractivity (Wildman–Crippen MR) is 150 cm³/mol. The van der Waals surface area contributed by atoms with Crippen LogP contribution >= 0.6 is 11.3 Å². The molecule has 1 amide bonds. The summed E-state index contributed by atoms with van der Waals surface area (Å²) < 4.78 is 22.9. The van der Waals surface area contributed by atoms with E-state index in [1.54, 1.807) is 17.4 Å². The Morgan fingerprint density at radius 2 is 2.00 bits per heavy atom. The minimum absolute atomic E-state index is 0.0592. The van der Waals surface area contributed by atoms with Gasteiger partial charge in [0.15, 0.2) is 0 Å². The van der Waals surface area contributed by atoms with Gasteiger partial charge in [-0.1, -0.05) is 24.8 Å². The van der Waals surface area contributed by atoms with E-state index in [-0.39, 0.29) is 23.3 Å². The van der Waals surface area contributed by atoms with Crippen molar-refractivity contribution in [2.75, 3.05) is 38.1 Å². The molecule has 4 heterocycles. The summed E-state index contributed by atoms with van der Waals surface area (Å²) >= 11 is 1.59. The first-order chi connectivity index (χ1) is 18.6. The third kappa shape index (κ3) is 4.61. The molecule has 2 N–H and O–H groups in total. The number of amides is 1. The number of fused-ring (bicyclic) bond motifs is 3. The number of thiophene rings is 1. The summed E-state index contributed by atoms with van der Waals surface area (Å²) in [5, 5.41) is 9.64. The quantitative estimate of drug-likeness (QED) is 0.223. The average Bonchev–Trinajstić information content (AvgIpc) is 3.65. The fraction of sp³-hybridized carbons (Fsp3) is 0.345. The number of aromatic nitrogens is 2. The average molecular weight is 532 g/mol. The van der Waals surface area contributed by atoms with Crippen molar-refractivity contribution in [3.05, 3.63) is 60.3 Å². The normalized spacial score (nSPS) is 16.6. The molecule has 0 aliphatic carbocycles. The zero-order valence-corrected chi connectivity index (χ0v) is 22.0. The number of benzene rings is 2. The van der Waals surface area contributed by atoms with Crippen LogP contribution in [0.4, 0.5) is 10.2 Å². The van der Waals surface area contributed by atoms with Gasteiger partial charge in [-0.05, 0) is 73.8 Å². The van der Waals surface area contributed by atoms with Crippen LogP contribution in [0.5, 0.6) is 6.01 Å². The van der Waals surface area contributed by atoms with Crippen LogP contribution in [0.2, 0.25) is 0 Å². The molecule has 0 spiro atoms. The Morgan fingerprint density at radius 1 is 1.16 bits per heavy atom. The summed E-state index contributed by atoms with van der Waals surface area (Å²) in [4.78, 5) is 23.4. The smallest absolute Gasteiger partial charge is 0.319 e. The third-order valence-electron chi connectivity index (χ3n) is 7.72. The van der Waals surface area contributed by atoms with Gasteiger partial charge in [0.2, 0.25) is 5.91 Å². The van der Waals surface area contributed by atoms with Crippen LogP contribution in [-0.4, -0.2) is 59.1 Å². The Labute approximate surface area is 224 Å². The fourth-order valence-corrected chi connectivity index (χ4v) is 6.77. The van der Waals surface area contributed by atoms with Crippen LogP contribution in [-0.2, 0) is 4.79 Å². The molecule has 38 heavy (non-hydrogen) atoms. The molecule has 6 rings (SSSR count). The second-order valence-electron chi connectivity index (χ2n) is 9.98. The topological polar surface area (TPSA) is 79.4 Å². The van der Waals surface area contributed by atoms with Gasteiger partial charge < -0.3 is 15.4 Å². The van der Waals surface area contributed by atoms with Gasteiger partial charge in [0.1, 0.15) is 18.2 Å². The molecule has 2 aliphatic rings. The van der Waals surface area contributed by atoms with Gasteiger partial charge in [-0.2, -0.15) is 9.97 Å². The van der Waals surface area contributed by atoms with Crippen molar-refractivity contribution in [3.8, 4) is 17.1 Å². The van der Waals surface area contributed by atoms with Crippen molar-refractivity contribution in [3.63, 3.8) is 0 Å². The van der Waals surface area contributed by atoms with E-state index in [1.807, 2.05) is 29.6 Å². The van der Waals surface area contributed by atoms with Crippen LogP contribution in [0.25, 0.3) is 32.1 Å². The highest BCUT2D eigenvalue weighted by molar-refractivity contribution is 7.17. The Hall–Kier alpha value is -3.56. The fourth-order valence-electron chi connectivity index (χ4n) is 5.84. The molecule has 2 fully saturated rings. The lowest BCUT2D eigenvalue weighted by atomic mass is 9.95. The van der Waals surface area contributed by atoms with E-state index in [9.17, 15) is 4.79 Å². The van der Waals surface area contributed by atoms with Crippen LogP contribution in [0, 0.1) is 5.82 Å². The number of halogens is 1. The molecule has 0 bridgehead atoms. The number of nitrogens with one attached hydrogen (secondary N) is 2. The Morgan fingerprint density at radius 3 is 2.82 bits per heavy atom. The largest absolute Gasteiger partial charge is 0.461 e. The molecule has 2 aromatic heterocycles. The van der Waals surface area contributed by atoms with Gasteiger partial charge in [0.25, 0.3) is 0 Å². The lowest BCUT2D eigenvalue weighted by molar-refractivity contribution is -0.116. The number of carbonyl (C=O) groups excluding carboxylic acids is 1. The van der Waals surface area contributed by atoms with Crippen molar-refractivity contribution >= 4 is 44.1 Å². The predicted octanol–water partition coefficient (Wildman–Crippen LogP) is 5.37. The molecule has 0 unspecified atom stereocenters. The van der Waals surface area contributed by atoms with Crippen molar-refractivity contribution in [2.24, 2.45) is 0 Å². The van der Waals surface area contributed by atoms with E-state index in [4.69, 9.17) is 9.72 Å². The Bertz CT molecular complexity index is 1510. The van der Waals surface area contributed by atoms with E-state index in [2.05, 4.69) is 27.1 Å². The molecule has 0 atom stereocenters. The highest BCUT2D eigenvalue weighted by Crippen LogP contribution is 2.40. The molecule has 2 aliphatic heterocycles. The molecule has 0 saturated carbocycles. The van der Waals surface area contributed by atoms with Gasteiger partial charge in [0.05, 0.1) is 11.1 Å². The van der Waals surface area contributed by atoms with E-state index in [0.717, 1.165) is 41.6 Å². The summed E-state index contributed by atoms with van der Waals surface area (Å²) in [7, 11) is 0. The molecular weight excluding hydrogens is 501 g/mol. The number of hydrogen-bond acceptors (Lipinski definition) is 7. The van der Waals surface area contributed by atoms with E-state index >= 15 is 4.39 Å². The maximum absolute atomic E-state index is 15.6. The molecule has 7 nitrogen and oxygen atoms in total. The lowest BCUT2D eigenvalue weighted by Crippen LogP contribution is -2.43. The summed E-state index contributed by atoms with van der Waals surface area (Å²) in [6, 6.07) is 11.5. The standard InChI is InChI=1S/C29H30FN5O2S/c1-2-25(36)31-11-12-32-27-22-16-23(30)21(20-7-3-6-19-8-15-38-26(19)20)17-24(22)33-28(34-27)37-18-29-9-4-13-35(29)14-5-10-29/h2-3,6-8,15-17H,1,4-5,9-14,18H2,(H,31,36)(H,32,33,34). The number of rotatable bonds is 9. The molecule has 0 radical (unpaired) electrons. The van der Waals surface area contributed by atoms with Crippen LogP contribution in [0.15, 0.2) is 54.4 Å². The minimum atomic E-state index is -0.342. The summed E-state index contributed by atoms with van der Waals surface area (Å²) in [5.41, 5.74) is 2.00. The molecule has 4 aromatic rings. The highest BCUT2D eigenvalue weighted by Gasteiger charge is 2.45. The SMILES string of the molecule is C=CC(=O)NCCNc1nc(OCC23CCCN2CCC3)nc2cc(-c3cccc4ccsc34)c(F)cc12. The third-order valence-corrected chi connectivity index (χ3v) is 8.68. The Kier molecular flexibility index (Phi) is 6.71. The van der Waals surface area contributed by atoms with Crippen LogP contribution in [0.3, 0.4) is 0 Å². The van der Waals surface area contributed by atoms with Gasteiger partial charge in [0, 0.05) is 34.3 Å². The lowest BCUT2D eigenvalue weighted by Gasteiger charge is -2.31. The van der Waals surface area contributed by atoms with Crippen molar-refractivity contribution < 1.29 is 13.9 Å². The van der Waals surface area contributed by atoms with Gasteiger partial charge in [-0.3, -0.25) is 9.69 Å². The summed E-state index contributed by atoms with van der Waals surface area (Å²) in [6.45, 7) is 7.00. The van der Waals surface area contributed by atoms with E-state index in [0.29, 0.717) is 42.0 Å².